The van der Waals surface area contributed by atoms with Crippen molar-refractivity contribution in [1.82, 2.24) is 5.32 Å². The van der Waals surface area contributed by atoms with E-state index in [1.54, 1.807) is 0 Å². The van der Waals surface area contributed by atoms with Gasteiger partial charge in [-0.1, -0.05) is 13.8 Å². The van der Waals surface area contributed by atoms with Crippen LogP contribution in [0, 0.1) is 5.92 Å². The molecule has 1 aliphatic rings. The number of rotatable bonds is 8. The normalized spacial score (nSPS) is 21.2. The third-order valence-electron chi connectivity index (χ3n) is 3.11. The van der Waals surface area contributed by atoms with Crippen LogP contribution >= 0.6 is 0 Å². The van der Waals surface area contributed by atoms with Crippen LogP contribution in [0.5, 0.6) is 0 Å². The Labute approximate surface area is 109 Å². The summed E-state index contributed by atoms with van der Waals surface area (Å²) in [4.78, 5) is 11.5. The summed E-state index contributed by atoms with van der Waals surface area (Å²) in [6, 6.07) is -0.419. The predicted octanol–water partition coefficient (Wildman–Crippen LogP) is 0.672. The van der Waals surface area contributed by atoms with Crippen LogP contribution in [0.2, 0.25) is 0 Å². The van der Waals surface area contributed by atoms with Crippen LogP contribution in [-0.4, -0.2) is 44.4 Å². The number of nitrogens with one attached hydrogen (secondary N) is 1. The molecular weight excluding hydrogens is 232 g/mol. The summed E-state index contributed by atoms with van der Waals surface area (Å²) in [5, 5.41) is 2.82. The fourth-order valence-corrected chi connectivity index (χ4v) is 1.80. The van der Waals surface area contributed by atoms with Crippen molar-refractivity contribution in [3.05, 3.63) is 0 Å². The second kappa shape index (κ2) is 8.45. The molecule has 0 spiro atoms. The molecule has 5 nitrogen and oxygen atoms in total. The first-order valence-corrected chi connectivity index (χ1v) is 6.84. The zero-order chi connectivity index (χ0) is 13.4. The highest BCUT2D eigenvalue weighted by Gasteiger charge is 2.16. The first kappa shape index (κ1) is 15.4. The third-order valence-corrected chi connectivity index (χ3v) is 3.11. The lowest BCUT2D eigenvalue weighted by atomic mass is 10.1. The zero-order valence-electron chi connectivity index (χ0n) is 11.5. The van der Waals surface area contributed by atoms with E-state index in [0.717, 1.165) is 25.9 Å². The maximum absolute atomic E-state index is 11.5. The van der Waals surface area contributed by atoms with Crippen LogP contribution in [0.3, 0.4) is 0 Å². The molecule has 0 aromatic carbocycles. The van der Waals surface area contributed by atoms with Gasteiger partial charge in [0.2, 0.25) is 5.91 Å². The van der Waals surface area contributed by atoms with E-state index in [-0.39, 0.29) is 17.9 Å². The van der Waals surface area contributed by atoms with Gasteiger partial charge in [-0.2, -0.15) is 0 Å². The topological polar surface area (TPSA) is 73.6 Å². The second-order valence-electron chi connectivity index (χ2n) is 5.12. The Kier molecular flexibility index (Phi) is 7.23. The molecule has 2 atom stereocenters. The first-order chi connectivity index (χ1) is 8.61. The lowest BCUT2D eigenvalue weighted by molar-refractivity contribution is -0.123. The molecule has 0 aromatic heterocycles. The number of carbonyl (C=O) groups excluding carboxylic acids is 1. The highest BCUT2D eigenvalue weighted by atomic mass is 16.5. The molecule has 1 fully saturated rings. The molecule has 1 heterocycles. The Bertz CT molecular complexity index is 240. The molecule has 5 heteroatoms. The van der Waals surface area contributed by atoms with E-state index in [2.05, 4.69) is 5.32 Å². The van der Waals surface area contributed by atoms with E-state index in [1.807, 2.05) is 13.8 Å². The van der Waals surface area contributed by atoms with Crippen LogP contribution in [0.15, 0.2) is 0 Å². The van der Waals surface area contributed by atoms with Gasteiger partial charge in [0.15, 0.2) is 0 Å². The van der Waals surface area contributed by atoms with Crippen LogP contribution in [-0.2, 0) is 14.3 Å². The lowest BCUT2D eigenvalue weighted by Gasteiger charge is -2.15. The summed E-state index contributed by atoms with van der Waals surface area (Å²) >= 11 is 0. The lowest BCUT2D eigenvalue weighted by Crippen LogP contribution is -2.44. The molecule has 18 heavy (non-hydrogen) atoms. The Morgan fingerprint density at radius 3 is 2.94 bits per heavy atom. The standard InChI is InChI=1S/C13H26N2O3/c1-10(2)12(14)13(16)15-6-4-7-17-9-11-5-3-8-18-11/h10-12H,3-9,14H2,1-2H3,(H,15,16). The summed E-state index contributed by atoms with van der Waals surface area (Å²) in [6.45, 7) is 6.67. The van der Waals surface area contributed by atoms with Gasteiger partial charge in [-0.3, -0.25) is 4.79 Å². The van der Waals surface area contributed by atoms with Crippen LogP contribution in [0.1, 0.15) is 33.1 Å². The summed E-state index contributed by atoms with van der Waals surface area (Å²) in [5.41, 5.74) is 5.72. The fraction of sp³-hybridized carbons (Fsp3) is 0.923. The summed E-state index contributed by atoms with van der Waals surface area (Å²) in [7, 11) is 0. The van der Waals surface area contributed by atoms with Gasteiger partial charge in [0.05, 0.1) is 18.8 Å². The zero-order valence-corrected chi connectivity index (χ0v) is 11.5. The monoisotopic (exact) mass is 258 g/mol. The predicted molar refractivity (Wildman–Crippen MR) is 70.2 cm³/mol. The van der Waals surface area contributed by atoms with Gasteiger partial charge >= 0.3 is 0 Å². The van der Waals surface area contributed by atoms with Crippen molar-refractivity contribution in [2.45, 2.75) is 45.3 Å². The molecule has 0 radical (unpaired) electrons. The van der Waals surface area contributed by atoms with Gasteiger partial charge in [-0.25, -0.2) is 0 Å². The molecule has 106 valence electrons. The van der Waals surface area contributed by atoms with Gasteiger partial charge in [-0.15, -0.1) is 0 Å². The molecule has 0 aromatic rings. The number of hydrogen-bond donors (Lipinski definition) is 2. The molecule has 3 N–H and O–H groups in total. The van der Waals surface area contributed by atoms with Crippen molar-refractivity contribution in [3.8, 4) is 0 Å². The van der Waals surface area contributed by atoms with Crippen molar-refractivity contribution in [2.75, 3.05) is 26.4 Å². The first-order valence-electron chi connectivity index (χ1n) is 6.84. The summed E-state index contributed by atoms with van der Waals surface area (Å²) in [5.74, 6) is 0.0879. The molecule has 2 unspecified atom stereocenters. The van der Waals surface area contributed by atoms with Crippen molar-refractivity contribution < 1.29 is 14.3 Å². The minimum Gasteiger partial charge on any atom is -0.379 e. The van der Waals surface area contributed by atoms with E-state index < -0.39 is 6.04 Å². The molecule has 1 aliphatic heterocycles. The Balaban J connectivity index is 1.93. The highest BCUT2D eigenvalue weighted by molar-refractivity contribution is 5.81. The van der Waals surface area contributed by atoms with Crippen molar-refractivity contribution in [3.63, 3.8) is 0 Å². The van der Waals surface area contributed by atoms with Crippen molar-refractivity contribution in [2.24, 2.45) is 11.7 Å². The number of ether oxygens (including phenoxy) is 2. The fourth-order valence-electron chi connectivity index (χ4n) is 1.80. The van der Waals surface area contributed by atoms with E-state index in [9.17, 15) is 4.79 Å². The van der Waals surface area contributed by atoms with E-state index in [4.69, 9.17) is 15.2 Å². The van der Waals surface area contributed by atoms with Gasteiger partial charge < -0.3 is 20.5 Å². The Morgan fingerprint density at radius 1 is 1.56 bits per heavy atom. The maximum atomic E-state index is 11.5. The van der Waals surface area contributed by atoms with Crippen molar-refractivity contribution >= 4 is 5.91 Å². The van der Waals surface area contributed by atoms with E-state index in [1.165, 1.54) is 0 Å². The molecule has 1 rings (SSSR count). The molecule has 0 bridgehead atoms. The summed E-state index contributed by atoms with van der Waals surface area (Å²) < 4.78 is 10.9. The van der Waals surface area contributed by atoms with Crippen LogP contribution in [0.4, 0.5) is 0 Å². The molecular formula is C13H26N2O3. The largest absolute Gasteiger partial charge is 0.379 e. The van der Waals surface area contributed by atoms with Crippen LogP contribution in [0.25, 0.3) is 0 Å². The molecule has 0 aliphatic carbocycles. The van der Waals surface area contributed by atoms with Gasteiger partial charge in [-0.05, 0) is 25.2 Å². The number of hydrogen-bond acceptors (Lipinski definition) is 4. The molecule has 0 saturated carbocycles. The minimum absolute atomic E-state index is 0.0795. The average Bonchev–Trinajstić information content (AvgIpc) is 2.85. The number of carbonyl (C=O) groups is 1. The van der Waals surface area contributed by atoms with Crippen molar-refractivity contribution in [1.29, 1.82) is 0 Å². The third kappa shape index (κ3) is 5.80. The van der Waals surface area contributed by atoms with Gasteiger partial charge in [0.1, 0.15) is 0 Å². The van der Waals surface area contributed by atoms with Crippen LogP contribution < -0.4 is 11.1 Å². The van der Waals surface area contributed by atoms with Gasteiger partial charge in [0, 0.05) is 19.8 Å². The molecule has 1 amide bonds. The Morgan fingerprint density at radius 2 is 2.33 bits per heavy atom. The van der Waals surface area contributed by atoms with E-state index >= 15 is 0 Å². The quantitative estimate of drug-likeness (QED) is 0.628. The average molecular weight is 258 g/mol. The number of amides is 1. The smallest absolute Gasteiger partial charge is 0.237 e. The van der Waals surface area contributed by atoms with E-state index in [0.29, 0.717) is 19.8 Å². The highest BCUT2D eigenvalue weighted by Crippen LogP contribution is 2.11. The maximum Gasteiger partial charge on any atom is 0.237 e. The number of nitrogens with two attached hydrogens (primary N) is 1. The van der Waals surface area contributed by atoms with Gasteiger partial charge in [0.25, 0.3) is 0 Å². The summed E-state index contributed by atoms with van der Waals surface area (Å²) in [6.07, 6.45) is 3.31. The minimum atomic E-state index is -0.419. The Hall–Kier alpha value is -0.650. The molecule has 1 saturated heterocycles. The second-order valence-corrected chi connectivity index (χ2v) is 5.12. The SMILES string of the molecule is CC(C)C(N)C(=O)NCCCOCC1CCCO1.